The summed E-state index contributed by atoms with van der Waals surface area (Å²) in [5.74, 6) is -1.52. The van der Waals surface area contributed by atoms with E-state index in [0.29, 0.717) is 17.1 Å². The molecule has 0 radical (unpaired) electrons. The smallest absolute Gasteiger partial charge is 0.321 e. The van der Waals surface area contributed by atoms with Gasteiger partial charge in [-0.05, 0) is 43.3 Å². The highest BCUT2D eigenvalue weighted by molar-refractivity contribution is 6.10. The molecule has 160 valence electrons. The topological polar surface area (TPSA) is 121 Å². The SMILES string of the molecule is Cc1ccc(NC(=O)c2ccccc2NC(=O)CC(NCc2ccco2)C(=O)O)cc1. The molecule has 3 aromatic rings. The van der Waals surface area contributed by atoms with Crippen LogP contribution in [0.2, 0.25) is 0 Å². The molecule has 0 aliphatic carbocycles. The zero-order chi connectivity index (χ0) is 22.2. The summed E-state index contributed by atoms with van der Waals surface area (Å²) in [7, 11) is 0. The Kier molecular flexibility index (Phi) is 7.18. The summed E-state index contributed by atoms with van der Waals surface area (Å²) < 4.78 is 5.16. The van der Waals surface area contributed by atoms with E-state index in [1.165, 1.54) is 6.26 Å². The molecule has 8 heteroatoms. The molecule has 0 aliphatic heterocycles. The average molecular weight is 421 g/mol. The number of carbonyl (C=O) groups excluding carboxylic acids is 2. The molecule has 2 amide bonds. The van der Waals surface area contributed by atoms with E-state index in [-0.39, 0.29) is 24.4 Å². The van der Waals surface area contributed by atoms with Gasteiger partial charge in [0.2, 0.25) is 5.91 Å². The fourth-order valence-corrected chi connectivity index (χ4v) is 2.90. The van der Waals surface area contributed by atoms with Crippen molar-refractivity contribution in [1.29, 1.82) is 0 Å². The van der Waals surface area contributed by atoms with Crippen LogP contribution in [0.1, 0.15) is 28.1 Å². The van der Waals surface area contributed by atoms with Crippen LogP contribution in [0.5, 0.6) is 0 Å². The van der Waals surface area contributed by atoms with Gasteiger partial charge in [0, 0.05) is 5.69 Å². The van der Waals surface area contributed by atoms with Crippen LogP contribution in [-0.2, 0) is 16.1 Å². The van der Waals surface area contributed by atoms with Crippen molar-refractivity contribution in [3.05, 3.63) is 83.8 Å². The molecule has 0 saturated carbocycles. The summed E-state index contributed by atoms with van der Waals surface area (Å²) in [5.41, 5.74) is 2.27. The molecule has 0 fully saturated rings. The third kappa shape index (κ3) is 6.28. The summed E-state index contributed by atoms with van der Waals surface area (Å²) in [5, 5.41) is 17.6. The number of hydrogen-bond acceptors (Lipinski definition) is 5. The van der Waals surface area contributed by atoms with Gasteiger partial charge in [0.1, 0.15) is 11.8 Å². The van der Waals surface area contributed by atoms with Gasteiger partial charge in [-0.1, -0.05) is 29.8 Å². The standard InChI is InChI=1S/C23H23N3O5/c1-15-8-10-16(11-9-15)25-22(28)18-6-2-3-7-19(18)26-21(27)13-20(23(29)30)24-14-17-5-4-12-31-17/h2-12,20,24H,13-14H2,1H3,(H,25,28)(H,26,27)(H,29,30). The van der Waals surface area contributed by atoms with E-state index in [4.69, 9.17) is 4.42 Å². The summed E-state index contributed by atoms with van der Waals surface area (Å²) in [6, 6.07) is 16.2. The van der Waals surface area contributed by atoms with Gasteiger partial charge in [-0.15, -0.1) is 0 Å². The molecule has 3 rings (SSSR count). The van der Waals surface area contributed by atoms with E-state index in [9.17, 15) is 19.5 Å². The summed E-state index contributed by atoms with van der Waals surface area (Å²) >= 11 is 0. The van der Waals surface area contributed by atoms with E-state index in [0.717, 1.165) is 5.56 Å². The van der Waals surface area contributed by atoms with Crippen LogP contribution in [0.15, 0.2) is 71.3 Å². The van der Waals surface area contributed by atoms with Crippen molar-refractivity contribution in [1.82, 2.24) is 5.32 Å². The number of rotatable bonds is 9. The molecule has 8 nitrogen and oxygen atoms in total. The molecule has 1 atom stereocenters. The lowest BCUT2D eigenvalue weighted by Crippen LogP contribution is -2.39. The van der Waals surface area contributed by atoms with Gasteiger partial charge in [0.25, 0.3) is 5.91 Å². The molecule has 31 heavy (non-hydrogen) atoms. The van der Waals surface area contributed by atoms with E-state index in [2.05, 4.69) is 16.0 Å². The van der Waals surface area contributed by atoms with Crippen molar-refractivity contribution in [2.45, 2.75) is 25.9 Å². The first-order chi connectivity index (χ1) is 14.9. The molecule has 0 saturated heterocycles. The molecule has 1 aromatic heterocycles. The minimum atomic E-state index is -1.16. The third-order valence-electron chi connectivity index (χ3n) is 4.55. The Hall–Kier alpha value is -3.91. The number of aliphatic carboxylic acids is 1. The lowest BCUT2D eigenvalue weighted by atomic mass is 10.1. The molecular formula is C23H23N3O5. The van der Waals surface area contributed by atoms with Gasteiger partial charge in [-0.2, -0.15) is 0 Å². The third-order valence-corrected chi connectivity index (χ3v) is 4.55. The van der Waals surface area contributed by atoms with Crippen molar-refractivity contribution in [3.63, 3.8) is 0 Å². The van der Waals surface area contributed by atoms with Crippen molar-refractivity contribution in [3.8, 4) is 0 Å². The van der Waals surface area contributed by atoms with Gasteiger partial charge >= 0.3 is 5.97 Å². The summed E-state index contributed by atoms with van der Waals surface area (Å²) in [4.78, 5) is 36.7. The maximum Gasteiger partial charge on any atom is 0.321 e. The Bertz CT molecular complexity index is 1050. The Balaban J connectivity index is 1.64. The Labute approximate surface area is 179 Å². The van der Waals surface area contributed by atoms with Gasteiger partial charge < -0.3 is 20.2 Å². The number of amides is 2. The minimum Gasteiger partial charge on any atom is -0.480 e. The molecular weight excluding hydrogens is 398 g/mol. The second-order valence-corrected chi connectivity index (χ2v) is 6.97. The zero-order valence-electron chi connectivity index (χ0n) is 16.9. The van der Waals surface area contributed by atoms with Gasteiger partial charge in [0.15, 0.2) is 0 Å². The maximum absolute atomic E-state index is 12.7. The van der Waals surface area contributed by atoms with Crippen molar-refractivity contribution >= 4 is 29.2 Å². The molecule has 0 bridgehead atoms. The number of carboxylic acid groups (broad SMARTS) is 1. The maximum atomic E-state index is 12.7. The predicted octanol–water partition coefficient (Wildman–Crippen LogP) is 3.41. The highest BCUT2D eigenvalue weighted by Crippen LogP contribution is 2.18. The normalized spacial score (nSPS) is 11.5. The first-order valence-corrected chi connectivity index (χ1v) is 9.68. The van der Waals surface area contributed by atoms with Gasteiger partial charge in [-0.25, -0.2) is 0 Å². The number of anilines is 2. The molecule has 2 aromatic carbocycles. The van der Waals surface area contributed by atoms with Gasteiger partial charge in [0.05, 0.1) is 30.5 Å². The Morgan fingerprint density at radius 3 is 2.39 bits per heavy atom. The number of para-hydroxylation sites is 1. The highest BCUT2D eigenvalue weighted by Gasteiger charge is 2.22. The lowest BCUT2D eigenvalue weighted by Gasteiger charge is -2.15. The van der Waals surface area contributed by atoms with Crippen molar-refractivity contribution in [2.24, 2.45) is 0 Å². The monoisotopic (exact) mass is 421 g/mol. The number of furan rings is 1. The second-order valence-electron chi connectivity index (χ2n) is 6.97. The number of carbonyl (C=O) groups is 3. The summed E-state index contributed by atoms with van der Waals surface area (Å²) in [6.45, 7) is 2.12. The molecule has 0 aliphatic rings. The number of benzene rings is 2. The van der Waals surface area contributed by atoms with E-state index in [1.807, 2.05) is 19.1 Å². The molecule has 1 unspecified atom stereocenters. The van der Waals surface area contributed by atoms with E-state index in [1.54, 1.807) is 48.5 Å². The predicted molar refractivity (Wildman–Crippen MR) is 116 cm³/mol. The lowest BCUT2D eigenvalue weighted by molar-refractivity contribution is -0.141. The Morgan fingerprint density at radius 1 is 0.968 bits per heavy atom. The molecule has 1 heterocycles. The Morgan fingerprint density at radius 2 is 1.71 bits per heavy atom. The van der Waals surface area contributed by atoms with Crippen LogP contribution in [0.3, 0.4) is 0 Å². The zero-order valence-corrected chi connectivity index (χ0v) is 16.9. The first-order valence-electron chi connectivity index (χ1n) is 9.68. The van der Waals surface area contributed by atoms with Crippen LogP contribution < -0.4 is 16.0 Å². The largest absolute Gasteiger partial charge is 0.480 e. The fourth-order valence-electron chi connectivity index (χ4n) is 2.90. The highest BCUT2D eigenvalue weighted by atomic mass is 16.4. The molecule has 4 N–H and O–H groups in total. The van der Waals surface area contributed by atoms with Crippen LogP contribution in [0.25, 0.3) is 0 Å². The summed E-state index contributed by atoms with van der Waals surface area (Å²) in [6.07, 6.45) is 1.17. The quantitative estimate of drug-likeness (QED) is 0.420. The average Bonchev–Trinajstić information content (AvgIpc) is 3.26. The van der Waals surface area contributed by atoms with Crippen LogP contribution in [-0.4, -0.2) is 28.9 Å². The van der Waals surface area contributed by atoms with Crippen molar-refractivity contribution in [2.75, 3.05) is 10.6 Å². The second kappa shape index (κ2) is 10.2. The fraction of sp³-hybridized carbons (Fsp3) is 0.174. The van der Waals surface area contributed by atoms with Crippen LogP contribution in [0, 0.1) is 6.92 Å². The number of carboxylic acids is 1. The number of nitrogens with one attached hydrogen (secondary N) is 3. The van der Waals surface area contributed by atoms with Gasteiger partial charge in [-0.3, -0.25) is 19.7 Å². The minimum absolute atomic E-state index is 0.173. The van der Waals surface area contributed by atoms with E-state index < -0.39 is 17.9 Å². The van der Waals surface area contributed by atoms with E-state index >= 15 is 0 Å². The number of aryl methyl sites for hydroxylation is 1. The number of hydrogen-bond donors (Lipinski definition) is 4. The van der Waals surface area contributed by atoms with Crippen LogP contribution >= 0.6 is 0 Å². The van der Waals surface area contributed by atoms with Crippen molar-refractivity contribution < 1.29 is 23.9 Å². The van der Waals surface area contributed by atoms with Crippen LogP contribution in [0.4, 0.5) is 11.4 Å². The molecule has 0 spiro atoms. The first kappa shape index (κ1) is 21.8.